The van der Waals surface area contributed by atoms with Crippen LogP contribution in [0, 0.1) is 0 Å². The van der Waals surface area contributed by atoms with Gasteiger partial charge in [-0.15, -0.1) is 5.10 Å². The highest BCUT2D eigenvalue weighted by Gasteiger charge is 2.42. The number of fused-ring (bicyclic) bond motifs is 1. The second-order valence-electron chi connectivity index (χ2n) is 5.02. The van der Waals surface area contributed by atoms with Crippen LogP contribution in [0.3, 0.4) is 0 Å². The zero-order valence-corrected chi connectivity index (χ0v) is 15.2. The van der Waals surface area contributed by atoms with Crippen LogP contribution in [0.5, 0.6) is 0 Å². The Balaban J connectivity index is 2.03. The summed E-state index contributed by atoms with van der Waals surface area (Å²) in [6.45, 7) is 2.41. The number of halogens is 4. The van der Waals surface area contributed by atoms with Crippen molar-refractivity contribution in [3.05, 3.63) is 37.0 Å². The topological polar surface area (TPSA) is 81.0 Å². The highest BCUT2D eigenvalue weighted by molar-refractivity contribution is 6.55. The zero-order chi connectivity index (χ0) is 17.6. The average molecular weight is 409 g/mol. The van der Waals surface area contributed by atoms with E-state index in [0.717, 1.165) is 11.3 Å². The van der Waals surface area contributed by atoms with Crippen LogP contribution < -0.4 is 0 Å². The SMILES string of the molecule is CCCn1nnnc1CN1C(=O)c2c(Cl)c(Cl)c(Cl)c(Cl)c2C1=O. The van der Waals surface area contributed by atoms with E-state index < -0.39 is 11.8 Å². The normalized spacial score (nSPS) is 13.8. The molecule has 126 valence electrons. The van der Waals surface area contributed by atoms with E-state index in [0.29, 0.717) is 12.4 Å². The molecule has 1 aliphatic heterocycles. The Hall–Kier alpha value is -1.41. The minimum absolute atomic E-state index is 0.0596. The Morgan fingerprint density at radius 2 is 1.46 bits per heavy atom. The molecule has 0 saturated carbocycles. The fraction of sp³-hybridized carbons (Fsp3) is 0.308. The molecule has 2 aromatic rings. The second kappa shape index (κ2) is 6.48. The van der Waals surface area contributed by atoms with Gasteiger partial charge >= 0.3 is 0 Å². The predicted octanol–water partition coefficient (Wildman–Crippen LogP) is 3.49. The molecule has 0 unspecified atom stereocenters. The first-order chi connectivity index (χ1) is 11.4. The van der Waals surface area contributed by atoms with Crippen molar-refractivity contribution in [1.29, 1.82) is 0 Å². The van der Waals surface area contributed by atoms with Crippen LogP contribution in [-0.2, 0) is 13.1 Å². The van der Waals surface area contributed by atoms with Gasteiger partial charge in [-0.2, -0.15) is 0 Å². The molecule has 0 bridgehead atoms. The van der Waals surface area contributed by atoms with Crippen molar-refractivity contribution < 1.29 is 9.59 Å². The summed E-state index contributed by atoms with van der Waals surface area (Å²) in [5.74, 6) is -0.867. The molecule has 11 heteroatoms. The number of rotatable bonds is 4. The number of hydrogen-bond donors (Lipinski definition) is 0. The molecule has 2 amide bonds. The number of aromatic nitrogens is 4. The number of nitrogens with zero attached hydrogens (tertiary/aromatic N) is 5. The molecular weight excluding hydrogens is 400 g/mol. The highest BCUT2D eigenvalue weighted by atomic mass is 35.5. The average Bonchev–Trinajstić information content (AvgIpc) is 3.09. The van der Waals surface area contributed by atoms with Crippen molar-refractivity contribution in [1.82, 2.24) is 25.1 Å². The molecule has 0 N–H and O–H groups in total. The lowest BCUT2D eigenvalue weighted by Gasteiger charge is -2.13. The van der Waals surface area contributed by atoms with E-state index in [1.165, 1.54) is 4.68 Å². The summed E-state index contributed by atoms with van der Waals surface area (Å²) in [5.41, 5.74) is -0.119. The summed E-state index contributed by atoms with van der Waals surface area (Å²) < 4.78 is 1.52. The van der Waals surface area contributed by atoms with Gasteiger partial charge in [0.05, 0.1) is 37.8 Å². The summed E-state index contributed by atoms with van der Waals surface area (Å²) in [6.07, 6.45) is 0.795. The Kier molecular flexibility index (Phi) is 4.70. The maximum Gasteiger partial charge on any atom is 0.263 e. The molecule has 3 rings (SSSR count). The van der Waals surface area contributed by atoms with E-state index in [9.17, 15) is 9.59 Å². The first-order valence-corrected chi connectivity index (χ1v) is 8.36. The maximum atomic E-state index is 12.6. The summed E-state index contributed by atoms with van der Waals surface area (Å²) in [6, 6.07) is 0. The lowest BCUT2D eigenvalue weighted by Crippen LogP contribution is -2.30. The van der Waals surface area contributed by atoms with Crippen LogP contribution in [0.4, 0.5) is 0 Å². The fourth-order valence-corrected chi connectivity index (χ4v) is 3.42. The molecule has 24 heavy (non-hydrogen) atoms. The van der Waals surface area contributed by atoms with Crippen LogP contribution >= 0.6 is 46.4 Å². The number of carbonyl (C=O) groups is 2. The van der Waals surface area contributed by atoms with Crippen LogP contribution in [0.2, 0.25) is 20.1 Å². The van der Waals surface area contributed by atoms with Gasteiger partial charge in [0.1, 0.15) is 0 Å². The minimum Gasteiger partial charge on any atom is -0.268 e. The van der Waals surface area contributed by atoms with Gasteiger partial charge in [-0.3, -0.25) is 14.5 Å². The number of imide groups is 1. The van der Waals surface area contributed by atoms with Crippen molar-refractivity contribution in [2.75, 3.05) is 0 Å². The minimum atomic E-state index is -0.619. The van der Waals surface area contributed by atoms with Gasteiger partial charge in [-0.05, 0) is 16.8 Å². The second-order valence-corrected chi connectivity index (χ2v) is 6.53. The van der Waals surface area contributed by atoms with Gasteiger partial charge in [-0.25, -0.2) is 4.68 Å². The Bertz CT molecular complexity index is 820. The van der Waals surface area contributed by atoms with E-state index in [-0.39, 0.29) is 37.8 Å². The van der Waals surface area contributed by atoms with Crippen LogP contribution in [0.1, 0.15) is 39.9 Å². The molecule has 0 saturated heterocycles. The van der Waals surface area contributed by atoms with E-state index in [4.69, 9.17) is 46.4 Å². The predicted molar refractivity (Wildman–Crippen MR) is 88.8 cm³/mol. The Morgan fingerprint density at radius 3 is 1.96 bits per heavy atom. The zero-order valence-electron chi connectivity index (χ0n) is 12.2. The summed E-state index contributed by atoms with van der Waals surface area (Å²) in [4.78, 5) is 26.2. The molecule has 1 aromatic heterocycles. The molecule has 2 heterocycles. The van der Waals surface area contributed by atoms with E-state index in [1.54, 1.807) is 0 Å². The van der Waals surface area contributed by atoms with Crippen molar-refractivity contribution in [2.24, 2.45) is 0 Å². The van der Waals surface area contributed by atoms with Crippen LogP contribution in [-0.4, -0.2) is 36.9 Å². The Morgan fingerprint density at radius 1 is 0.917 bits per heavy atom. The van der Waals surface area contributed by atoms with Crippen molar-refractivity contribution in [3.63, 3.8) is 0 Å². The van der Waals surface area contributed by atoms with E-state index in [1.807, 2.05) is 6.92 Å². The van der Waals surface area contributed by atoms with Gasteiger partial charge < -0.3 is 0 Å². The Labute approximate surface area is 156 Å². The van der Waals surface area contributed by atoms with Gasteiger partial charge in [0.15, 0.2) is 5.82 Å². The molecule has 1 aromatic carbocycles. The number of aryl methyl sites for hydroxylation is 1. The lowest BCUT2D eigenvalue weighted by atomic mass is 10.1. The van der Waals surface area contributed by atoms with Crippen molar-refractivity contribution in [2.45, 2.75) is 26.4 Å². The number of amides is 2. The van der Waals surface area contributed by atoms with E-state index in [2.05, 4.69) is 15.5 Å². The fourth-order valence-electron chi connectivity index (χ4n) is 2.40. The lowest BCUT2D eigenvalue weighted by molar-refractivity contribution is 0.0636. The first kappa shape index (κ1) is 17.4. The van der Waals surface area contributed by atoms with Crippen molar-refractivity contribution >= 4 is 58.2 Å². The quantitative estimate of drug-likeness (QED) is 0.439. The summed E-state index contributed by atoms with van der Waals surface area (Å²) in [5, 5.41) is 10.9. The smallest absolute Gasteiger partial charge is 0.263 e. The van der Waals surface area contributed by atoms with E-state index >= 15 is 0 Å². The van der Waals surface area contributed by atoms with Crippen molar-refractivity contribution in [3.8, 4) is 0 Å². The monoisotopic (exact) mass is 407 g/mol. The first-order valence-electron chi connectivity index (χ1n) is 6.85. The van der Waals surface area contributed by atoms with Crippen LogP contribution in [0.25, 0.3) is 0 Å². The molecular formula is C13H9Cl4N5O2. The third-order valence-corrected chi connectivity index (χ3v) is 5.33. The molecule has 0 radical (unpaired) electrons. The number of hydrogen-bond acceptors (Lipinski definition) is 5. The summed E-state index contributed by atoms with van der Waals surface area (Å²) >= 11 is 24.1. The van der Waals surface area contributed by atoms with Gasteiger partial charge in [-0.1, -0.05) is 53.3 Å². The maximum absolute atomic E-state index is 12.6. The standard InChI is InChI=1S/C13H9Cl4N5O2/c1-2-3-22-5(18-19-20-22)4-21-12(23)6-7(13(21)24)9(15)11(17)10(16)8(6)14/h2-4H2,1H3. The third kappa shape index (κ3) is 2.56. The molecule has 0 atom stereocenters. The van der Waals surface area contributed by atoms with Gasteiger partial charge in [0.2, 0.25) is 0 Å². The molecule has 0 aliphatic carbocycles. The molecule has 1 aliphatic rings. The third-order valence-electron chi connectivity index (χ3n) is 3.53. The summed E-state index contributed by atoms with van der Waals surface area (Å²) in [7, 11) is 0. The molecule has 0 fully saturated rings. The largest absolute Gasteiger partial charge is 0.268 e. The molecule has 0 spiro atoms. The number of benzene rings is 1. The van der Waals surface area contributed by atoms with Gasteiger partial charge in [0, 0.05) is 6.54 Å². The van der Waals surface area contributed by atoms with Crippen LogP contribution in [0.15, 0.2) is 0 Å². The number of tetrazole rings is 1. The number of carbonyl (C=O) groups excluding carboxylic acids is 2. The molecule has 7 nitrogen and oxygen atoms in total. The highest BCUT2D eigenvalue weighted by Crippen LogP contribution is 2.44. The van der Waals surface area contributed by atoms with Gasteiger partial charge in [0.25, 0.3) is 11.8 Å².